The zero-order chi connectivity index (χ0) is 22.4. The average Bonchev–Trinajstić information content (AvgIpc) is 3.32. The fraction of sp³-hybridized carbons (Fsp3) is 0.409. The van der Waals surface area contributed by atoms with Gasteiger partial charge in [0.05, 0.1) is 6.54 Å². The molecule has 1 aromatic carbocycles. The molecule has 1 unspecified atom stereocenters. The van der Waals surface area contributed by atoms with E-state index >= 15 is 0 Å². The predicted octanol–water partition coefficient (Wildman–Crippen LogP) is 4.22. The van der Waals surface area contributed by atoms with Crippen molar-refractivity contribution in [3.63, 3.8) is 0 Å². The van der Waals surface area contributed by atoms with Gasteiger partial charge in [-0.3, -0.25) is 0 Å². The minimum absolute atomic E-state index is 0. The van der Waals surface area contributed by atoms with Crippen LogP contribution in [0.5, 0.6) is 0 Å². The van der Waals surface area contributed by atoms with E-state index in [0.717, 1.165) is 16.9 Å². The maximum Gasteiger partial charge on any atom is 0.228 e. The maximum absolute atomic E-state index is 10.9. The SMILES string of the molecule is CCNC(=NCC(C)(O)c1cc(C)oc1C)NCCc1nc(-c2cccc(Cl)c2)no1.I. The monoisotopic (exact) mass is 573 g/mol. The van der Waals surface area contributed by atoms with E-state index in [1.54, 1.807) is 19.1 Å². The zero-order valence-electron chi connectivity index (χ0n) is 18.6. The molecule has 0 spiro atoms. The lowest BCUT2D eigenvalue weighted by atomic mass is 9.96. The molecule has 174 valence electrons. The molecule has 0 aliphatic rings. The quantitative estimate of drug-likeness (QED) is 0.210. The van der Waals surface area contributed by atoms with Crippen LogP contribution in [-0.4, -0.2) is 40.8 Å². The first-order chi connectivity index (χ1) is 14.8. The van der Waals surface area contributed by atoms with Gasteiger partial charge in [-0.15, -0.1) is 24.0 Å². The number of benzene rings is 1. The second-order valence-corrected chi connectivity index (χ2v) is 7.93. The summed E-state index contributed by atoms with van der Waals surface area (Å²) in [6, 6.07) is 9.15. The number of nitrogens with one attached hydrogen (secondary N) is 2. The van der Waals surface area contributed by atoms with Crippen molar-refractivity contribution in [3.8, 4) is 11.4 Å². The minimum Gasteiger partial charge on any atom is -0.466 e. The lowest BCUT2D eigenvalue weighted by molar-refractivity contribution is 0.0657. The molecule has 0 fully saturated rings. The molecule has 8 nitrogen and oxygen atoms in total. The number of aromatic nitrogens is 2. The van der Waals surface area contributed by atoms with E-state index in [-0.39, 0.29) is 30.5 Å². The minimum atomic E-state index is -1.14. The Morgan fingerprint density at radius 3 is 2.69 bits per heavy atom. The molecular formula is C22H29ClIN5O3. The molecule has 0 saturated heterocycles. The average molecular weight is 574 g/mol. The number of aliphatic hydroxyl groups is 1. The lowest BCUT2D eigenvalue weighted by Crippen LogP contribution is -2.39. The number of halogens is 2. The van der Waals surface area contributed by atoms with Crippen molar-refractivity contribution >= 4 is 41.5 Å². The van der Waals surface area contributed by atoms with E-state index in [1.807, 2.05) is 39.0 Å². The first-order valence-corrected chi connectivity index (χ1v) is 10.6. The Labute approximate surface area is 209 Å². The Kier molecular flexibility index (Phi) is 9.53. The van der Waals surface area contributed by atoms with Crippen LogP contribution in [0.25, 0.3) is 11.4 Å². The van der Waals surface area contributed by atoms with Crippen LogP contribution in [0.15, 0.2) is 44.3 Å². The Balaban J connectivity index is 0.00000363. The summed E-state index contributed by atoms with van der Waals surface area (Å²) in [5.41, 5.74) is 0.407. The van der Waals surface area contributed by atoms with E-state index in [1.165, 1.54) is 0 Å². The topological polar surface area (TPSA) is 109 Å². The van der Waals surface area contributed by atoms with Crippen LogP contribution in [0.1, 0.15) is 36.8 Å². The largest absolute Gasteiger partial charge is 0.466 e. The molecular weight excluding hydrogens is 545 g/mol. The molecule has 3 rings (SSSR count). The molecule has 1 atom stereocenters. The molecule has 0 aliphatic heterocycles. The zero-order valence-corrected chi connectivity index (χ0v) is 21.7. The van der Waals surface area contributed by atoms with Crippen molar-refractivity contribution < 1.29 is 14.0 Å². The number of furan rings is 1. The summed E-state index contributed by atoms with van der Waals surface area (Å²) in [5, 5.41) is 21.9. The first-order valence-electron chi connectivity index (χ1n) is 10.2. The summed E-state index contributed by atoms with van der Waals surface area (Å²) in [6.45, 7) is 8.82. The van der Waals surface area contributed by atoms with E-state index in [4.69, 9.17) is 20.5 Å². The van der Waals surface area contributed by atoms with Gasteiger partial charge in [-0.1, -0.05) is 28.9 Å². The van der Waals surface area contributed by atoms with Gasteiger partial charge in [-0.05, 0) is 45.9 Å². The van der Waals surface area contributed by atoms with Gasteiger partial charge < -0.3 is 24.7 Å². The van der Waals surface area contributed by atoms with Crippen molar-refractivity contribution in [2.45, 2.75) is 39.7 Å². The third-order valence-corrected chi connectivity index (χ3v) is 4.93. The van der Waals surface area contributed by atoms with Gasteiger partial charge >= 0.3 is 0 Å². The Hall–Kier alpha value is -2.11. The molecule has 0 bridgehead atoms. The number of aryl methyl sites for hydroxylation is 2. The van der Waals surface area contributed by atoms with Gasteiger partial charge in [0.2, 0.25) is 11.7 Å². The molecule has 10 heteroatoms. The van der Waals surface area contributed by atoms with E-state index in [9.17, 15) is 5.11 Å². The van der Waals surface area contributed by atoms with Crippen LogP contribution in [0, 0.1) is 13.8 Å². The van der Waals surface area contributed by atoms with Crippen LogP contribution < -0.4 is 10.6 Å². The Bertz CT molecular complexity index is 1050. The van der Waals surface area contributed by atoms with Gasteiger partial charge in [0, 0.05) is 35.7 Å². The molecule has 0 amide bonds. The Morgan fingerprint density at radius 2 is 2.03 bits per heavy atom. The summed E-state index contributed by atoms with van der Waals surface area (Å²) in [4.78, 5) is 8.94. The van der Waals surface area contributed by atoms with Gasteiger partial charge in [-0.25, -0.2) is 4.99 Å². The van der Waals surface area contributed by atoms with Crippen molar-refractivity contribution in [1.82, 2.24) is 20.8 Å². The van der Waals surface area contributed by atoms with Gasteiger partial charge in [0.1, 0.15) is 17.1 Å². The summed E-state index contributed by atoms with van der Waals surface area (Å²) in [6.07, 6.45) is 0.522. The fourth-order valence-corrected chi connectivity index (χ4v) is 3.40. The summed E-state index contributed by atoms with van der Waals surface area (Å²) in [5.74, 6) is 3.06. The molecule has 0 radical (unpaired) electrons. The van der Waals surface area contributed by atoms with Crippen molar-refractivity contribution in [2.24, 2.45) is 4.99 Å². The standard InChI is InChI=1S/C22H28ClN5O3.HI/c1-5-24-21(26-13-22(4,29)18-11-14(2)30-15(18)3)25-10-9-19-27-20(28-31-19)16-7-6-8-17(23)12-16;/h6-8,11-12,29H,5,9-10,13H2,1-4H3,(H2,24,25,26);1H. The van der Waals surface area contributed by atoms with E-state index in [0.29, 0.717) is 48.0 Å². The number of hydrogen-bond donors (Lipinski definition) is 3. The van der Waals surface area contributed by atoms with Gasteiger partial charge in [-0.2, -0.15) is 4.98 Å². The maximum atomic E-state index is 10.9. The summed E-state index contributed by atoms with van der Waals surface area (Å²) >= 11 is 6.02. The molecule has 2 heterocycles. The van der Waals surface area contributed by atoms with Gasteiger partial charge in [0.15, 0.2) is 5.96 Å². The molecule has 32 heavy (non-hydrogen) atoms. The normalized spacial score (nSPS) is 13.4. The molecule has 0 saturated carbocycles. The number of hydrogen-bond acceptors (Lipinski definition) is 6. The second kappa shape index (κ2) is 11.7. The van der Waals surface area contributed by atoms with Crippen LogP contribution in [0.2, 0.25) is 5.02 Å². The van der Waals surface area contributed by atoms with Crippen molar-refractivity contribution in [1.29, 1.82) is 0 Å². The number of nitrogens with zero attached hydrogens (tertiary/aromatic N) is 3. The smallest absolute Gasteiger partial charge is 0.228 e. The summed E-state index contributed by atoms with van der Waals surface area (Å²) < 4.78 is 10.9. The highest BCUT2D eigenvalue weighted by atomic mass is 127. The van der Waals surface area contributed by atoms with E-state index < -0.39 is 5.60 Å². The van der Waals surface area contributed by atoms with Gasteiger partial charge in [0.25, 0.3) is 0 Å². The van der Waals surface area contributed by atoms with E-state index in [2.05, 4.69) is 25.8 Å². The van der Waals surface area contributed by atoms with Crippen LogP contribution in [0.3, 0.4) is 0 Å². The number of aliphatic imine (C=N–C) groups is 1. The molecule has 0 aliphatic carbocycles. The third kappa shape index (κ3) is 6.94. The summed E-state index contributed by atoms with van der Waals surface area (Å²) in [7, 11) is 0. The molecule has 3 aromatic rings. The second-order valence-electron chi connectivity index (χ2n) is 7.49. The fourth-order valence-electron chi connectivity index (χ4n) is 3.21. The lowest BCUT2D eigenvalue weighted by Gasteiger charge is -2.21. The van der Waals surface area contributed by atoms with Crippen molar-refractivity contribution in [3.05, 3.63) is 58.3 Å². The molecule has 3 N–H and O–H groups in total. The first kappa shape index (κ1) is 26.1. The van der Waals surface area contributed by atoms with Crippen LogP contribution in [0.4, 0.5) is 0 Å². The highest BCUT2D eigenvalue weighted by Crippen LogP contribution is 2.27. The highest BCUT2D eigenvalue weighted by Gasteiger charge is 2.27. The Morgan fingerprint density at radius 1 is 1.25 bits per heavy atom. The predicted molar refractivity (Wildman–Crippen MR) is 136 cm³/mol. The molecule has 2 aromatic heterocycles. The number of rotatable bonds is 8. The van der Waals surface area contributed by atoms with Crippen LogP contribution in [-0.2, 0) is 12.0 Å². The number of guanidine groups is 1. The van der Waals surface area contributed by atoms with Crippen LogP contribution >= 0.6 is 35.6 Å². The third-order valence-electron chi connectivity index (χ3n) is 4.69. The van der Waals surface area contributed by atoms with Crippen molar-refractivity contribution in [2.75, 3.05) is 19.6 Å². The highest BCUT2D eigenvalue weighted by molar-refractivity contribution is 14.0.